The van der Waals surface area contributed by atoms with E-state index < -0.39 is 10.0 Å². The first-order chi connectivity index (χ1) is 11.3. The molecule has 0 fully saturated rings. The van der Waals surface area contributed by atoms with Crippen LogP contribution in [0.1, 0.15) is 11.3 Å². The molecular weight excluding hydrogens is 333 g/mol. The third kappa shape index (κ3) is 3.30. The molecule has 2 heterocycles. The van der Waals surface area contributed by atoms with Crippen molar-refractivity contribution in [3.63, 3.8) is 0 Å². The lowest BCUT2D eigenvalue weighted by Crippen LogP contribution is -2.14. The lowest BCUT2D eigenvalue weighted by molar-refractivity contribution is 0.585. The van der Waals surface area contributed by atoms with Crippen LogP contribution in [0.5, 0.6) is 0 Å². The van der Waals surface area contributed by atoms with E-state index in [1.165, 1.54) is 27.7 Å². The van der Waals surface area contributed by atoms with Gasteiger partial charge in [-0.2, -0.15) is 10.2 Å². The predicted molar refractivity (Wildman–Crippen MR) is 86.5 cm³/mol. The fraction of sp³-hybridized carbons (Fsp3) is 0.200. The normalized spacial score (nSPS) is 11.6. The molecule has 2 aromatic heterocycles. The average molecular weight is 349 g/mol. The Balaban J connectivity index is 1.79. The zero-order valence-electron chi connectivity index (χ0n) is 13.1. The number of aryl methyl sites for hydroxylation is 2. The van der Waals surface area contributed by atoms with Gasteiger partial charge >= 0.3 is 0 Å². The number of hydrogen-bond donors (Lipinski definition) is 1. The first-order valence-electron chi connectivity index (χ1n) is 7.15. The Hall–Kier alpha value is -2.68. The summed E-state index contributed by atoms with van der Waals surface area (Å²) in [6.07, 6.45) is 3.01. The van der Waals surface area contributed by atoms with Crippen LogP contribution in [0.15, 0.2) is 47.6 Å². The minimum Gasteiger partial charge on any atom is -0.274 e. The van der Waals surface area contributed by atoms with Crippen molar-refractivity contribution in [2.75, 3.05) is 4.72 Å². The van der Waals surface area contributed by atoms with Gasteiger partial charge in [0.25, 0.3) is 10.0 Å². The maximum absolute atomic E-state index is 13.7. The van der Waals surface area contributed by atoms with Gasteiger partial charge in [0, 0.05) is 31.1 Å². The van der Waals surface area contributed by atoms with Gasteiger partial charge in [0.05, 0.1) is 12.2 Å². The second kappa shape index (κ2) is 6.08. The monoisotopic (exact) mass is 349 g/mol. The van der Waals surface area contributed by atoms with E-state index in [2.05, 4.69) is 14.9 Å². The number of aromatic nitrogens is 4. The number of nitrogens with zero attached hydrogens (tertiary/aromatic N) is 4. The molecule has 9 heteroatoms. The summed E-state index contributed by atoms with van der Waals surface area (Å²) >= 11 is 0. The second-order valence-electron chi connectivity index (χ2n) is 5.35. The smallest absolute Gasteiger partial charge is 0.266 e. The van der Waals surface area contributed by atoms with Crippen molar-refractivity contribution in [3.05, 3.63) is 59.8 Å². The standard InChI is InChI=1S/C15H16FN5O2S/c1-11-14(10-20(2)17-11)24(22,23)19-15-7-8-21(18-15)9-12-5-3-4-6-13(12)16/h3-8,10H,9H2,1-2H3,(H,18,19). The molecule has 0 spiro atoms. The van der Waals surface area contributed by atoms with E-state index in [4.69, 9.17) is 0 Å². The Morgan fingerprint density at radius 2 is 1.96 bits per heavy atom. The quantitative estimate of drug-likeness (QED) is 0.763. The number of halogens is 1. The van der Waals surface area contributed by atoms with Crippen LogP contribution in [0.2, 0.25) is 0 Å². The van der Waals surface area contributed by atoms with Crippen molar-refractivity contribution in [2.45, 2.75) is 18.4 Å². The molecule has 0 amide bonds. The molecule has 126 valence electrons. The Labute approximate surface area is 138 Å². The van der Waals surface area contributed by atoms with E-state index in [0.29, 0.717) is 11.3 Å². The van der Waals surface area contributed by atoms with E-state index in [9.17, 15) is 12.8 Å². The topological polar surface area (TPSA) is 81.8 Å². The number of nitrogens with one attached hydrogen (secondary N) is 1. The third-order valence-electron chi connectivity index (χ3n) is 3.43. The number of rotatable bonds is 5. The molecule has 0 atom stereocenters. The Morgan fingerprint density at radius 3 is 2.62 bits per heavy atom. The lowest BCUT2D eigenvalue weighted by atomic mass is 10.2. The summed E-state index contributed by atoms with van der Waals surface area (Å²) in [5.41, 5.74) is 0.869. The molecule has 3 rings (SSSR count). The highest BCUT2D eigenvalue weighted by molar-refractivity contribution is 7.92. The number of hydrogen-bond acceptors (Lipinski definition) is 4. The molecule has 0 aliphatic heterocycles. The van der Waals surface area contributed by atoms with Crippen LogP contribution in [0.4, 0.5) is 10.2 Å². The minimum absolute atomic E-state index is 0.0913. The molecule has 1 aromatic carbocycles. The molecule has 0 radical (unpaired) electrons. The van der Waals surface area contributed by atoms with E-state index >= 15 is 0 Å². The highest BCUT2D eigenvalue weighted by Gasteiger charge is 2.20. The van der Waals surface area contributed by atoms with Crippen molar-refractivity contribution < 1.29 is 12.8 Å². The van der Waals surface area contributed by atoms with Crippen LogP contribution in [0, 0.1) is 12.7 Å². The summed E-state index contributed by atoms with van der Waals surface area (Å²) in [6.45, 7) is 1.83. The number of anilines is 1. The predicted octanol–water partition coefficient (Wildman–Crippen LogP) is 1.91. The van der Waals surface area contributed by atoms with Crippen LogP contribution in [0.3, 0.4) is 0 Å². The van der Waals surface area contributed by atoms with Crippen molar-refractivity contribution >= 4 is 15.8 Å². The Kier molecular flexibility index (Phi) is 4.10. The van der Waals surface area contributed by atoms with E-state index in [-0.39, 0.29) is 23.1 Å². The number of benzene rings is 1. The van der Waals surface area contributed by atoms with Gasteiger partial charge in [-0.3, -0.25) is 14.1 Å². The minimum atomic E-state index is -3.77. The first-order valence-corrected chi connectivity index (χ1v) is 8.63. The summed E-state index contributed by atoms with van der Waals surface area (Å²) in [7, 11) is -2.13. The van der Waals surface area contributed by atoms with Crippen molar-refractivity contribution in [2.24, 2.45) is 7.05 Å². The molecule has 0 unspecified atom stereocenters. The molecule has 0 bridgehead atoms. The summed E-state index contributed by atoms with van der Waals surface area (Å²) in [4.78, 5) is 0.0913. The van der Waals surface area contributed by atoms with Crippen LogP contribution in [0.25, 0.3) is 0 Å². The molecule has 3 aromatic rings. The average Bonchev–Trinajstić information content (AvgIpc) is 3.07. The van der Waals surface area contributed by atoms with Gasteiger partial charge < -0.3 is 0 Å². The van der Waals surface area contributed by atoms with Crippen molar-refractivity contribution in [1.29, 1.82) is 0 Å². The van der Waals surface area contributed by atoms with Gasteiger partial charge in [0.2, 0.25) is 0 Å². The van der Waals surface area contributed by atoms with Gasteiger partial charge in [-0.25, -0.2) is 12.8 Å². The fourth-order valence-corrected chi connectivity index (χ4v) is 3.55. The largest absolute Gasteiger partial charge is 0.274 e. The van der Waals surface area contributed by atoms with Crippen LogP contribution < -0.4 is 4.72 Å². The highest BCUT2D eigenvalue weighted by Crippen LogP contribution is 2.17. The second-order valence-corrected chi connectivity index (χ2v) is 7.00. The Bertz CT molecular complexity index is 977. The maximum Gasteiger partial charge on any atom is 0.266 e. The van der Waals surface area contributed by atoms with Gasteiger partial charge in [-0.05, 0) is 13.0 Å². The summed E-state index contributed by atoms with van der Waals surface area (Å²) in [6, 6.07) is 7.88. The van der Waals surface area contributed by atoms with E-state index in [1.807, 2.05) is 0 Å². The summed E-state index contributed by atoms with van der Waals surface area (Å²) in [5, 5.41) is 8.15. The molecule has 0 saturated carbocycles. The zero-order chi connectivity index (χ0) is 17.3. The van der Waals surface area contributed by atoms with Gasteiger partial charge in [0.15, 0.2) is 5.82 Å². The van der Waals surface area contributed by atoms with Gasteiger partial charge in [-0.1, -0.05) is 18.2 Å². The molecule has 0 aliphatic carbocycles. The van der Waals surface area contributed by atoms with Crippen LogP contribution in [-0.4, -0.2) is 28.0 Å². The van der Waals surface area contributed by atoms with Gasteiger partial charge in [-0.15, -0.1) is 0 Å². The zero-order valence-corrected chi connectivity index (χ0v) is 14.0. The van der Waals surface area contributed by atoms with E-state index in [0.717, 1.165) is 0 Å². The van der Waals surface area contributed by atoms with Gasteiger partial charge in [0.1, 0.15) is 10.7 Å². The first kappa shape index (κ1) is 16.2. The molecule has 0 aliphatic rings. The molecule has 24 heavy (non-hydrogen) atoms. The molecule has 0 saturated heterocycles. The Morgan fingerprint density at radius 1 is 1.21 bits per heavy atom. The molecular formula is C15H16FN5O2S. The maximum atomic E-state index is 13.7. The lowest BCUT2D eigenvalue weighted by Gasteiger charge is -2.05. The summed E-state index contributed by atoms with van der Waals surface area (Å²) < 4.78 is 43.7. The summed E-state index contributed by atoms with van der Waals surface area (Å²) in [5.74, 6) is -0.171. The van der Waals surface area contributed by atoms with Crippen LogP contribution in [-0.2, 0) is 23.6 Å². The van der Waals surface area contributed by atoms with E-state index in [1.54, 1.807) is 38.4 Å². The molecule has 1 N–H and O–H groups in total. The third-order valence-corrected chi connectivity index (χ3v) is 4.89. The van der Waals surface area contributed by atoms with Crippen molar-refractivity contribution in [3.8, 4) is 0 Å². The highest BCUT2D eigenvalue weighted by atomic mass is 32.2. The SMILES string of the molecule is Cc1nn(C)cc1S(=O)(=O)Nc1ccn(Cc2ccccc2F)n1. The van der Waals surface area contributed by atoms with Crippen molar-refractivity contribution in [1.82, 2.24) is 19.6 Å². The number of sulfonamides is 1. The fourth-order valence-electron chi connectivity index (χ4n) is 2.34. The van der Waals surface area contributed by atoms with Crippen LogP contribution >= 0.6 is 0 Å². The molecule has 7 nitrogen and oxygen atoms in total.